The van der Waals surface area contributed by atoms with E-state index in [1.54, 1.807) is 0 Å². The van der Waals surface area contributed by atoms with Gasteiger partial charge in [-0.1, -0.05) is 19.1 Å². The molecule has 0 spiro atoms. The molecule has 2 aromatic heterocycles. The summed E-state index contributed by atoms with van der Waals surface area (Å²) in [5, 5.41) is 3.47. The Morgan fingerprint density at radius 2 is 2.00 bits per heavy atom. The Morgan fingerprint density at radius 1 is 1.09 bits per heavy atom. The number of nitrogens with one attached hydrogen (secondary N) is 1. The van der Waals surface area contributed by atoms with Crippen molar-refractivity contribution in [2.24, 2.45) is 0 Å². The molecular weight excluding hydrogens is 272 g/mol. The lowest BCUT2D eigenvalue weighted by Gasteiger charge is -2.29. The standard InChI is InChI=1S/C18H24N4/c1-2-15-7-8-17(21-14-15)18(16-6-3-4-10-20-16)22-12-5-9-19-11-13-22/h3-4,6-8,10,14,18-19H,2,5,9,11-13H2,1H3. The van der Waals surface area contributed by atoms with E-state index in [9.17, 15) is 0 Å². The summed E-state index contributed by atoms with van der Waals surface area (Å²) in [6, 6.07) is 10.6. The summed E-state index contributed by atoms with van der Waals surface area (Å²) in [6.07, 6.45) is 6.06. The molecule has 2 aromatic rings. The predicted octanol–water partition coefficient (Wildman–Crippen LogP) is 2.42. The molecule has 22 heavy (non-hydrogen) atoms. The van der Waals surface area contributed by atoms with E-state index in [0.29, 0.717) is 0 Å². The third-order valence-corrected chi connectivity index (χ3v) is 4.24. The van der Waals surface area contributed by atoms with Crippen molar-refractivity contribution in [2.75, 3.05) is 26.2 Å². The van der Waals surface area contributed by atoms with Gasteiger partial charge < -0.3 is 5.32 Å². The van der Waals surface area contributed by atoms with Crippen LogP contribution in [0.15, 0.2) is 42.7 Å². The highest BCUT2D eigenvalue weighted by Crippen LogP contribution is 2.26. The van der Waals surface area contributed by atoms with Crippen LogP contribution in [0.5, 0.6) is 0 Å². The third kappa shape index (κ3) is 3.51. The van der Waals surface area contributed by atoms with E-state index in [0.717, 1.165) is 50.4 Å². The molecule has 1 N–H and O–H groups in total. The zero-order valence-electron chi connectivity index (χ0n) is 13.2. The molecule has 4 nitrogen and oxygen atoms in total. The molecule has 3 heterocycles. The van der Waals surface area contributed by atoms with Gasteiger partial charge in [-0.3, -0.25) is 14.9 Å². The Balaban J connectivity index is 1.94. The molecule has 0 bridgehead atoms. The van der Waals surface area contributed by atoms with Gasteiger partial charge in [0.25, 0.3) is 0 Å². The maximum atomic E-state index is 4.73. The van der Waals surface area contributed by atoms with Crippen LogP contribution in [0.1, 0.15) is 36.3 Å². The molecule has 4 heteroatoms. The Kier molecular flexibility index (Phi) is 5.14. The number of hydrogen-bond acceptors (Lipinski definition) is 4. The second-order valence-electron chi connectivity index (χ2n) is 5.74. The van der Waals surface area contributed by atoms with Crippen LogP contribution in [0, 0.1) is 0 Å². The monoisotopic (exact) mass is 296 g/mol. The predicted molar refractivity (Wildman–Crippen MR) is 88.8 cm³/mol. The van der Waals surface area contributed by atoms with Crippen molar-refractivity contribution in [1.82, 2.24) is 20.2 Å². The maximum Gasteiger partial charge on any atom is 0.0950 e. The minimum Gasteiger partial charge on any atom is -0.315 e. The lowest BCUT2D eigenvalue weighted by molar-refractivity contribution is 0.233. The summed E-state index contributed by atoms with van der Waals surface area (Å²) in [5.41, 5.74) is 3.46. The fraction of sp³-hybridized carbons (Fsp3) is 0.444. The van der Waals surface area contributed by atoms with Crippen LogP contribution in [-0.4, -0.2) is 41.0 Å². The third-order valence-electron chi connectivity index (χ3n) is 4.24. The zero-order valence-corrected chi connectivity index (χ0v) is 13.2. The maximum absolute atomic E-state index is 4.73. The largest absolute Gasteiger partial charge is 0.315 e. The molecule has 1 aliphatic rings. The molecule has 116 valence electrons. The average molecular weight is 296 g/mol. The van der Waals surface area contributed by atoms with E-state index in [1.807, 2.05) is 18.5 Å². The number of hydrogen-bond donors (Lipinski definition) is 1. The van der Waals surface area contributed by atoms with E-state index in [2.05, 4.69) is 46.4 Å². The number of rotatable bonds is 4. The molecule has 1 aliphatic heterocycles. The van der Waals surface area contributed by atoms with Gasteiger partial charge in [-0.2, -0.15) is 0 Å². The van der Waals surface area contributed by atoms with Gasteiger partial charge in [0.15, 0.2) is 0 Å². The fourth-order valence-electron chi connectivity index (χ4n) is 2.99. The first kappa shape index (κ1) is 15.1. The van der Waals surface area contributed by atoms with Gasteiger partial charge in [0.2, 0.25) is 0 Å². The molecule has 0 radical (unpaired) electrons. The highest BCUT2D eigenvalue weighted by Gasteiger charge is 2.25. The second kappa shape index (κ2) is 7.47. The highest BCUT2D eigenvalue weighted by atomic mass is 15.2. The first-order valence-electron chi connectivity index (χ1n) is 8.19. The smallest absolute Gasteiger partial charge is 0.0950 e. The van der Waals surface area contributed by atoms with Crippen molar-refractivity contribution in [3.05, 3.63) is 59.7 Å². The minimum atomic E-state index is 0.145. The molecule has 0 amide bonds. The average Bonchev–Trinajstić information content (AvgIpc) is 2.86. The van der Waals surface area contributed by atoms with Gasteiger partial charge in [-0.05, 0) is 43.1 Å². The van der Waals surface area contributed by atoms with Crippen LogP contribution in [0.25, 0.3) is 0 Å². The molecule has 1 saturated heterocycles. The first-order chi connectivity index (χ1) is 10.9. The summed E-state index contributed by atoms with van der Waals surface area (Å²) in [6.45, 7) is 6.38. The Labute approximate surface area is 132 Å². The van der Waals surface area contributed by atoms with Crippen LogP contribution >= 0.6 is 0 Å². The lowest BCUT2D eigenvalue weighted by atomic mass is 10.0. The lowest BCUT2D eigenvalue weighted by Crippen LogP contribution is -2.34. The molecule has 1 atom stereocenters. The summed E-state index contributed by atoms with van der Waals surface area (Å²) >= 11 is 0. The number of pyridine rings is 2. The second-order valence-corrected chi connectivity index (χ2v) is 5.74. The zero-order chi connectivity index (χ0) is 15.2. The van der Waals surface area contributed by atoms with E-state index >= 15 is 0 Å². The molecule has 0 aliphatic carbocycles. The quantitative estimate of drug-likeness (QED) is 0.941. The van der Waals surface area contributed by atoms with Gasteiger partial charge in [-0.25, -0.2) is 0 Å². The van der Waals surface area contributed by atoms with Gasteiger partial charge >= 0.3 is 0 Å². The summed E-state index contributed by atoms with van der Waals surface area (Å²) in [4.78, 5) is 11.8. The number of aromatic nitrogens is 2. The van der Waals surface area contributed by atoms with Crippen molar-refractivity contribution >= 4 is 0 Å². The summed E-state index contributed by atoms with van der Waals surface area (Å²) in [7, 11) is 0. The SMILES string of the molecule is CCc1ccc(C(c2ccccn2)N2CCCNCC2)nc1. The number of nitrogens with zero attached hydrogens (tertiary/aromatic N) is 3. The molecular formula is C18H24N4. The van der Waals surface area contributed by atoms with Crippen LogP contribution in [-0.2, 0) is 6.42 Å². The molecule has 1 unspecified atom stereocenters. The highest BCUT2D eigenvalue weighted by molar-refractivity contribution is 5.24. The van der Waals surface area contributed by atoms with Crippen LogP contribution in [0.3, 0.4) is 0 Å². The normalized spacial score (nSPS) is 17.9. The molecule has 0 aromatic carbocycles. The first-order valence-corrected chi connectivity index (χ1v) is 8.19. The minimum absolute atomic E-state index is 0.145. The van der Waals surface area contributed by atoms with Crippen molar-refractivity contribution in [3.63, 3.8) is 0 Å². The van der Waals surface area contributed by atoms with E-state index in [-0.39, 0.29) is 6.04 Å². The van der Waals surface area contributed by atoms with Gasteiger partial charge in [-0.15, -0.1) is 0 Å². The van der Waals surface area contributed by atoms with E-state index in [1.165, 1.54) is 5.56 Å². The Bertz CT molecular complexity index is 559. The van der Waals surface area contributed by atoms with Crippen molar-refractivity contribution in [1.29, 1.82) is 0 Å². The Morgan fingerprint density at radius 3 is 2.73 bits per heavy atom. The molecule has 1 fully saturated rings. The van der Waals surface area contributed by atoms with E-state index < -0.39 is 0 Å². The summed E-state index contributed by atoms with van der Waals surface area (Å²) in [5.74, 6) is 0. The van der Waals surface area contributed by atoms with Crippen LogP contribution < -0.4 is 5.32 Å². The molecule has 0 saturated carbocycles. The van der Waals surface area contributed by atoms with Gasteiger partial charge in [0.1, 0.15) is 0 Å². The Hall–Kier alpha value is -1.78. The van der Waals surface area contributed by atoms with Crippen LogP contribution in [0.2, 0.25) is 0 Å². The van der Waals surface area contributed by atoms with Crippen molar-refractivity contribution in [2.45, 2.75) is 25.8 Å². The fourth-order valence-corrected chi connectivity index (χ4v) is 2.99. The van der Waals surface area contributed by atoms with E-state index in [4.69, 9.17) is 4.98 Å². The van der Waals surface area contributed by atoms with Crippen molar-refractivity contribution in [3.8, 4) is 0 Å². The van der Waals surface area contributed by atoms with Gasteiger partial charge in [0.05, 0.1) is 17.4 Å². The van der Waals surface area contributed by atoms with Gasteiger partial charge in [0, 0.05) is 32.0 Å². The van der Waals surface area contributed by atoms with Crippen LogP contribution in [0.4, 0.5) is 0 Å². The molecule has 3 rings (SSSR count). The summed E-state index contributed by atoms with van der Waals surface area (Å²) < 4.78 is 0. The van der Waals surface area contributed by atoms with Crippen molar-refractivity contribution < 1.29 is 0 Å². The number of aryl methyl sites for hydroxylation is 1. The topological polar surface area (TPSA) is 41.1 Å².